The minimum atomic E-state index is -0.00661. The number of nitrogens with zero attached hydrogens (tertiary/aromatic N) is 2. The molecule has 0 atom stereocenters. The molecule has 0 spiro atoms. The number of aryl methyl sites for hydroxylation is 2. The van der Waals surface area contributed by atoms with E-state index in [0.717, 1.165) is 0 Å². The van der Waals surface area contributed by atoms with Crippen molar-refractivity contribution in [1.82, 2.24) is 0 Å². The molecule has 0 bridgehead atoms. The van der Waals surface area contributed by atoms with Crippen molar-refractivity contribution in [3.63, 3.8) is 0 Å². The van der Waals surface area contributed by atoms with Crippen molar-refractivity contribution in [2.75, 3.05) is 9.80 Å². The summed E-state index contributed by atoms with van der Waals surface area (Å²) < 4.78 is 0. The molecule has 12 rings (SSSR count). The van der Waals surface area contributed by atoms with Crippen LogP contribution in [0.25, 0.3) is 11.1 Å². The van der Waals surface area contributed by atoms with Gasteiger partial charge in [0.05, 0.1) is 0 Å². The van der Waals surface area contributed by atoms with Crippen LogP contribution in [-0.2, 0) is 58.2 Å². The summed E-state index contributed by atoms with van der Waals surface area (Å²) in [6.45, 7) is 34.2. The van der Waals surface area contributed by atoms with Crippen LogP contribution in [-0.4, -0.2) is 6.71 Å². The molecule has 0 amide bonds. The molecule has 6 aromatic carbocycles. The van der Waals surface area contributed by atoms with Gasteiger partial charge < -0.3 is 9.80 Å². The maximum atomic E-state index is 2.77. The molecule has 2 heterocycles. The normalized spacial score (nSPS) is 19.7. The predicted molar refractivity (Wildman–Crippen MR) is 289 cm³/mol. The van der Waals surface area contributed by atoms with Gasteiger partial charge in [-0.05, 0) is 216 Å². The fraction of sp³-hybridized carbons (Fsp3) is 0.438. The lowest BCUT2D eigenvalue weighted by Crippen LogP contribution is -2.62. The van der Waals surface area contributed by atoms with Crippen molar-refractivity contribution in [2.45, 2.75) is 181 Å². The molecule has 3 heteroatoms. The Labute approximate surface area is 403 Å². The molecule has 0 radical (unpaired) electrons. The molecule has 0 unspecified atom stereocenters. The van der Waals surface area contributed by atoms with Gasteiger partial charge in [0.25, 0.3) is 6.71 Å². The average Bonchev–Trinajstić information content (AvgIpc) is 3.24. The summed E-state index contributed by atoms with van der Waals surface area (Å²) in [6.07, 6.45) is 9.51. The Balaban J connectivity index is 1.23. The van der Waals surface area contributed by atoms with Gasteiger partial charge >= 0.3 is 0 Å². The molecule has 6 aromatic rings. The Morgan fingerprint density at radius 2 is 0.896 bits per heavy atom. The highest BCUT2D eigenvalue weighted by Crippen LogP contribution is 2.54. The highest BCUT2D eigenvalue weighted by atomic mass is 15.2. The summed E-state index contributed by atoms with van der Waals surface area (Å²) in [7, 11) is 0. The van der Waals surface area contributed by atoms with E-state index in [1.807, 2.05) is 0 Å². The maximum absolute atomic E-state index is 2.77. The van der Waals surface area contributed by atoms with E-state index in [1.165, 1.54) is 146 Å². The number of rotatable bonds is 3. The molecule has 342 valence electrons. The van der Waals surface area contributed by atoms with Crippen molar-refractivity contribution >= 4 is 57.2 Å². The van der Waals surface area contributed by atoms with Crippen LogP contribution >= 0.6 is 0 Å². The summed E-state index contributed by atoms with van der Waals surface area (Å²) in [5.41, 5.74) is 30.7. The molecule has 0 fully saturated rings. The average molecular weight is 881 g/mol. The largest absolute Gasteiger partial charge is 0.311 e. The van der Waals surface area contributed by atoms with Crippen LogP contribution in [0, 0.1) is 0 Å². The lowest BCUT2D eigenvalue weighted by molar-refractivity contribution is 0.332. The van der Waals surface area contributed by atoms with Crippen molar-refractivity contribution in [1.29, 1.82) is 0 Å². The van der Waals surface area contributed by atoms with E-state index in [0.29, 0.717) is 0 Å². The van der Waals surface area contributed by atoms with Crippen LogP contribution in [0.4, 0.5) is 34.1 Å². The summed E-state index contributed by atoms with van der Waals surface area (Å²) in [5, 5.41) is 0. The maximum Gasteiger partial charge on any atom is 0.252 e. The topological polar surface area (TPSA) is 6.48 Å². The van der Waals surface area contributed by atoms with Crippen molar-refractivity contribution in [3.05, 3.63) is 147 Å². The zero-order valence-electron chi connectivity index (χ0n) is 43.3. The first kappa shape index (κ1) is 43.3. The van der Waals surface area contributed by atoms with E-state index in [4.69, 9.17) is 0 Å². The third kappa shape index (κ3) is 6.34. The smallest absolute Gasteiger partial charge is 0.252 e. The molecule has 6 aliphatic rings. The fourth-order valence-corrected chi connectivity index (χ4v) is 13.5. The number of anilines is 6. The molecule has 2 nitrogen and oxygen atoms in total. The fourth-order valence-electron chi connectivity index (χ4n) is 13.5. The first-order valence-corrected chi connectivity index (χ1v) is 26.0. The highest BCUT2D eigenvalue weighted by molar-refractivity contribution is 7.00. The van der Waals surface area contributed by atoms with Gasteiger partial charge in [0, 0.05) is 34.1 Å². The first-order valence-electron chi connectivity index (χ1n) is 26.0. The Morgan fingerprint density at radius 1 is 0.418 bits per heavy atom. The highest BCUT2D eigenvalue weighted by Gasteiger charge is 2.48. The number of hydrogen-bond donors (Lipinski definition) is 0. The van der Waals surface area contributed by atoms with E-state index >= 15 is 0 Å². The van der Waals surface area contributed by atoms with Crippen LogP contribution in [0.15, 0.2) is 91.0 Å². The van der Waals surface area contributed by atoms with E-state index in [1.54, 1.807) is 22.3 Å². The molecule has 4 aliphatic carbocycles. The van der Waals surface area contributed by atoms with E-state index in [2.05, 4.69) is 198 Å². The van der Waals surface area contributed by atoms with Crippen LogP contribution in [0.5, 0.6) is 0 Å². The molecule has 0 N–H and O–H groups in total. The molecule has 0 saturated carbocycles. The van der Waals surface area contributed by atoms with Crippen LogP contribution in [0.1, 0.15) is 178 Å². The van der Waals surface area contributed by atoms with Gasteiger partial charge in [-0.3, -0.25) is 0 Å². The monoisotopic (exact) mass is 881 g/mol. The van der Waals surface area contributed by atoms with Gasteiger partial charge in [-0.1, -0.05) is 139 Å². The van der Waals surface area contributed by atoms with Crippen LogP contribution < -0.4 is 26.2 Å². The molecular weight excluding hydrogens is 808 g/mol. The second kappa shape index (κ2) is 13.8. The lowest BCUT2D eigenvalue weighted by Gasteiger charge is -2.48. The molecule has 67 heavy (non-hydrogen) atoms. The van der Waals surface area contributed by atoms with Crippen LogP contribution in [0.2, 0.25) is 0 Å². The summed E-state index contributed by atoms with van der Waals surface area (Å²) in [6, 6.07) is 38.0. The molecule has 2 aliphatic heterocycles. The summed E-state index contributed by atoms with van der Waals surface area (Å²) >= 11 is 0. The SMILES string of the molecule is CC(C)(C)c1ccc(N2c3ccc(C(C)(C)C)cc3B3c4cc5c(cc4N(c4ccc6c(c4)C(C)(C)CCC6(C)C)c4cc(-c6c7c(cc8c6CC8)CC7)cc2c43)C(C)(C)CCC5(C)C)cc1. The van der Waals surface area contributed by atoms with Gasteiger partial charge in [0.15, 0.2) is 0 Å². The van der Waals surface area contributed by atoms with Gasteiger partial charge in [-0.2, -0.15) is 0 Å². The van der Waals surface area contributed by atoms with Crippen molar-refractivity contribution < 1.29 is 0 Å². The van der Waals surface area contributed by atoms with E-state index < -0.39 is 0 Å². The standard InChI is InChI=1S/C64H73BN2/c1-59(2,3)41-17-20-43(21-18-41)66-53-26-19-42(60(4,5)6)34-51(53)65-52-36-49-50(64(13,14)30-29-63(49,11)12)37-54(52)67(44-22-25-47-48(35-44)62(9,10)28-27-61(47,7)8)56-33-40(32-55(66)58(56)65)57-45-23-15-38(45)31-39-16-24-46(39)57/h17-22,25-26,31-37H,15-16,23-24,27-30H2,1-14H3. The zero-order valence-corrected chi connectivity index (χ0v) is 43.3. The minimum absolute atomic E-state index is 0.00661. The second-order valence-corrected chi connectivity index (χ2v) is 26.6. The zero-order chi connectivity index (χ0) is 47.1. The Hall–Kier alpha value is -5.02. The third-order valence-corrected chi connectivity index (χ3v) is 18.3. The Kier molecular flexibility index (Phi) is 8.93. The van der Waals surface area contributed by atoms with Gasteiger partial charge in [-0.25, -0.2) is 0 Å². The Morgan fingerprint density at radius 3 is 1.43 bits per heavy atom. The molecule has 0 saturated heterocycles. The molecule has 0 aromatic heterocycles. The van der Waals surface area contributed by atoms with Gasteiger partial charge in [0.1, 0.15) is 0 Å². The van der Waals surface area contributed by atoms with E-state index in [9.17, 15) is 0 Å². The van der Waals surface area contributed by atoms with E-state index in [-0.39, 0.29) is 39.2 Å². The number of hydrogen-bond acceptors (Lipinski definition) is 2. The number of benzene rings is 6. The van der Waals surface area contributed by atoms with Gasteiger partial charge in [-0.15, -0.1) is 0 Å². The van der Waals surface area contributed by atoms with Crippen LogP contribution in [0.3, 0.4) is 0 Å². The van der Waals surface area contributed by atoms with Crippen molar-refractivity contribution in [2.24, 2.45) is 0 Å². The minimum Gasteiger partial charge on any atom is -0.311 e. The predicted octanol–water partition coefficient (Wildman–Crippen LogP) is 14.9. The Bertz CT molecular complexity index is 3070. The quantitative estimate of drug-likeness (QED) is 0.163. The molecular formula is C64H73BN2. The summed E-state index contributed by atoms with van der Waals surface area (Å²) in [4.78, 5) is 5.44. The van der Waals surface area contributed by atoms with Crippen molar-refractivity contribution in [3.8, 4) is 11.1 Å². The number of fused-ring (bicyclic) bond motifs is 8. The lowest BCUT2D eigenvalue weighted by atomic mass is 9.33. The first-order chi connectivity index (χ1) is 31.4. The van der Waals surface area contributed by atoms with Gasteiger partial charge in [0.2, 0.25) is 0 Å². The summed E-state index contributed by atoms with van der Waals surface area (Å²) in [5.74, 6) is 0. The third-order valence-electron chi connectivity index (χ3n) is 18.3. The second-order valence-electron chi connectivity index (χ2n) is 26.6.